The van der Waals surface area contributed by atoms with E-state index in [9.17, 15) is 4.79 Å². The molecule has 0 N–H and O–H groups in total. The molecule has 0 aliphatic heterocycles. The smallest absolute Gasteiger partial charge is 0.166 e. The molecule has 2 atom stereocenters. The van der Waals surface area contributed by atoms with Crippen molar-refractivity contribution in [3.05, 3.63) is 46.5 Å². The molecule has 0 spiro atoms. The van der Waals surface area contributed by atoms with E-state index in [1.807, 2.05) is 6.07 Å². The molecule has 1 saturated carbocycles. The Labute approximate surface area is 89.8 Å². The predicted molar refractivity (Wildman–Crippen MR) is 59.9 cm³/mol. The lowest BCUT2D eigenvalue weighted by molar-refractivity contribution is -0.115. The van der Waals surface area contributed by atoms with E-state index in [-0.39, 0.29) is 5.92 Å². The van der Waals surface area contributed by atoms with Crippen LogP contribution in [0.3, 0.4) is 0 Å². The first-order valence-corrected chi connectivity index (χ1v) is 5.50. The van der Waals surface area contributed by atoms with Crippen molar-refractivity contribution in [3.8, 4) is 0 Å². The van der Waals surface area contributed by atoms with Crippen LogP contribution in [0.25, 0.3) is 0 Å². The summed E-state index contributed by atoms with van der Waals surface area (Å²) >= 11 is 0. The van der Waals surface area contributed by atoms with Crippen LogP contribution in [0.1, 0.15) is 43.2 Å². The summed E-state index contributed by atoms with van der Waals surface area (Å²) in [5.74, 6) is 0.929. The van der Waals surface area contributed by atoms with E-state index in [0.29, 0.717) is 11.7 Å². The number of rotatable bonds is 0. The monoisotopic (exact) mass is 198 g/mol. The van der Waals surface area contributed by atoms with Gasteiger partial charge in [-0.2, -0.15) is 0 Å². The zero-order valence-electron chi connectivity index (χ0n) is 9.08. The summed E-state index contributed by atoms with van der Waals surface area (Å²) in [4.78, 5) is 12.1. The minimum Gasteiger partial charge on any atom is -0.294 e. The molecule has 2 unspecified atom stereocenters. The van der Waals surface area contributed by atoms with Crippen LogP contribution >= 0.6 is 0 Å². The molecule has 0 saturated heterocycles. The molecule has 1 fully saturated rings. The van der Waals surface area contributed by atoms with Gasteiger partial charge in [0.25, 0.3) is 0 Å². The number of carbonyl (C=O) groups excluding carboxylic acids is 1. The maximum atomic E-state index is 12.1. The average Bonchev–Trinajstić information content (AvgIpc) is 2.73. The van der Waals surface area contributed by atoms with E-state index in [1.54, 1.807) is 0 Å². The van der Waals surface area contributed by atoms with Gasteiger partial charge in [0.05, 0.1) is 0 Å². The van der Waals surface area contributed by atoms with Gasteiger partial charge in [-0.3, -0.25) is 4.79 Å². The van der Waals surface area contributed by atoms with Crippen LogP contribution in [0, 0.1) is 0 Å². The second-order valence-electron chi connectivity index (χ2n) is 4.75. The first-order valence-electron chi connectivity index (χ1n) is 5.50. The largest absolute Gasteiger partial charge is 0.294 e. The normalized spacial score (nSPS) is 27.1. The number of hydrogen-bond donors (Lipinski definition) is 0. The number of benzene rings is 1. The van der Waals surface area contributed by atoms with Crippen molar-refractivity contribution in [3.63, 3.8) is 0 Å². The maximum Gasteiger partial charge on any atom is 0.166 e. The number of allylic oxidation sites excluding steroid dienone is 2. The van der Waals surface area contributed by atoms with E-state index >= 15 is 0 Å². The lowest BCUT2D eigenvalue weighted by Crippen LogP contribution is -2.13. The summed E-state index contributed by atoms with van der Waals surface area (Å²) < 4.78 is 0. The number of Topliss-reactive ketones (excluding diaryl/α,β-unsaturated/α-hetero) is 1. The fourth-order valence-electron chi connectivity index (χ4n) is 3.11. The molecule has 76 valence electrons. The quantitative estimate of drug-likeness (QED) is 0.585. The highest BCUT2D eigenvalue weighted by atomic mass is 16.1. The molecule has 2 bridgehead atoms. The average molecular weight is 198 g/mol. The third-order valence-electron chi connectivity index (χ3n) is 3.69. The summed E-state index contributed by atoms with van der Waals surface area (Å²) in [5, 5.41) is 0. The fourth-order valence-corrected chi connectivity index (χ4v) is 3.11. The third-order valence-corrected chi connectivity index (χ3v) is 3.69. The Bertz CT molecular complexity index is 478. The molecule has 1 aromatic rings. The molecule has 2 aliphatic rings. The molecule has 1 aromatic carbocycles. The summed E-state index contributed by atoms with van der Waals surface area (Å²) in [5.41, 5.74) is 4.94. The molecular weight excluding hydrogens is 184 g/mol. The van der Waals surface area contributed by atoms with Crippen LogP contribution in [0.15, 0.2) is 35.4 Å². The molecule has 1 nitrogen and oxygen atoms in total. The predicted octanol–water partition coefficient (Wildman–Crippen LogP) is 3.18. The van der Waals surface area contributed by atoms with E-state index in [0.717, 1.165) is 12.0 Å². The minimum absolute atomic E-state index is 0.163. The van der Waals surface area contributed by atoms with Crippen LogP contribution in [0.2, 0.25) is 0 Å². The highest BCUT2D eigenvalue weighted by molar-refractivity contribution is 6.07. The van der Waals surface area contributed by atoms with Gasteiger partial charge in [0.2, 0.25) is 0 Å². The minimum atomic E-state index is 0.163. The van der Waals surface area contributed by atoms with E-state index < -0.39 is 0 Å². The third kappa shape index (κ3) is 1.01. The van der Waals surface area contributed by atoms with Gasteiger partial charge in [0, 0.05) is 17.4 Å². The van der Waals surface area contributed by atoms with Crippen molar-refractivity contribution in [2.75, 3.05) is 0 Å². The van der Waals surface area contributed by atoms with Crippen molar-refractivity contribution in [1.82, 2.24) is 0 Å². The van der Waals surface area contributed by atoms with Crippen LogP contribution in [0.5, 0.6) is 0 Å². The molecule has 0 aromatic heterocycles. The van der Waals surface area contributed by atoms with E-state index in [4.69, 9.17) is 0 Å². The van der Waals surface area contributed by atoms with Crippen molar-refractivity contribution >= 4 is 5.78 Å². The molecule has 0 heterocycles. The van der Waals surface area contributed by atoms with Gasteiger partial charge >= 0.3 is 0 Å². The van der Waals surface area contributed by atoms with Crippen LogP contribution < -0.4 is 0 Å². The second kappa shape index (κ2) is 2.82. The first kappa shape index (κ1) is 8.90. The zero-order valence-corrected chi connectivity index (χ0v) is 9.08. The van der Waals surface area contributed by atoms with Crippen molar-refractivity contribution in [1.29, 1.82) is 0 Å². The SMILES string of the molecule is CC(C)=C1C(=O)C2CC1c1ccccc12. The topological polar surface area (TPSA) is 17.1 Å². The molecular formula is C14H14O. The Kier molecular flexibility index (Phi) is 1.67. The van der Waals surface area contributed by atoms with Gasteiger partial charge < -0.3 is 0 Å². The summed E-state index contributed by atoms with van der Waals surface area (Å²) in [6, 6.07) is 8.40. The number of carbonyl (C=O) groups is 1. The molecule has 3 rings (SSSR count). The van der Waals surface area contributed by atoms with Gasteiger partial charge in [-0.15, -0.1) is 0 Å². The molecule has 0 radical (unpaired) electrons. The van der Waals surface area contributed by atoms with Gasteiger partial charge in [-0.05, 0) is 31.4 Å². The van der Waals surface area contributed by atoms with Crippen molar-refractivity contribution in [2.24, 2.45) is 0 Å². The molecule has 15 heavy (non-hydrogen) atoms. The van der Waals surface area contributed by atoms with Gasteiger partial charge in [0.1, 0.15) is 0 Å². The van der Waals surface area contributed by atoms with E-state index in [2.05, 4.69) is 32.0 Å². The summed E-state index contributed by atoms with van der Waals surface area (Å²) in [7, 11) is 0. The lowest BCUT2D eigenvalue weighted by atomic mass is 9.85. The first-order chi connectivity index (χ1) is 7.20. The molecule has 2 aliphatic carbocycles. The summed E-state index contributed by atoms with van der Waals surface area (Å²) in [6.07, 6.45) is 1.01. The zero-order chi connectivity index (χ0) is 10.6. The van der Waals surface area contributed by atoms with Gasteiger partial charge in [-0.25, -0.2) is 0 Å². The Morgan fingerprint density at radius 3 is 2.33 bits per heavy atom. The number of hydrogen-bond acceptors (Lipinski definition) is 1. The Hall–Kier alpha value is -1.37. The Balaban J connectivity index is 2.24. The van der Waals surface area contributed by atoms with Crippen LogP contribution in [-0.2, 0) is 4.79 Å². The van der Waals surface area contributed by atoms with Gasteiger partial charge in [0.15, 0.2) is 5.78 Å². The van der Waals surface area contributed by atoms with Gasteiger partial charge in [-0.1, -0.05) is 29.8 Å². The molecule has 0 amide bonds. The maximum absolute atomic E-state index is 12.1. The highest BCUT2D eigenvalue weighted by Gasteiger charge is 2.46. The van der Waals surface area contributed by atoms with E-state index in [1.165, 1.54) is 16.7 Å². The fraction of sp³-hybridized carbons (Fsp3) is 0.357. The van der Waals surface area contributed by atoms with Crippen LogP contribution in [-0.4, -0.2) is 5.78 Å². The highest BCUT2D eigenvalue weighted by Crippen LogP contribution is 2.54. The van der Waals surface area contributed by atoms with Crippen LogP contribution in [0.4, 0.5) is 0 Å². The number of ketones is 1. The standard InChI is InChI=1S/C14H14O/c1-8(2)13-11-7-12(14(13)15)10-6-4-3-5-9(10)11/h3-6,11-12H,7H2,1-2H3. The Morgan fingerprint density at radius 1 is 1.13 bits per heavy atom. The van der Waals surface area contributed by atoms with Crippen molar-refractivity contribution in [2.45, 2.75) is 32.1 Å². The lowest BCUT2D eigenvalue weighted by Gasteiger charge is -2.18. The second-order valence-corrected chi connectivity index (χ2v) is 4.75. The Morgan fingerprint density at radius 2 is 1.73 bits per heavy atom. The number of fused-ring (bicyclic) bond motifs is 5. The van der Waals surface area contributed by atoms with Crippen molar-refractivity contribution < 1.29 is 4.79 Å². The molecule has 1 heteroatoms. The summed E-state index contributed by atoms with van der Waals surface area (Å²) in [6.45, 7) is 4.10.